The minimum Gasteiger partial charge on any atom is -0.352 e. The molecule has 5 heteroatoms. The van der Waals surface area contributed by atoms with Crippen molar-refractivity contribution in [2.45, 2.75) is 6.42 Å². The fourth-order valence-corrected chi connectivity index (χ4v) is 2.50. The number of hydrogen-bond acceptors (Lipinski definition) is 2. The molecule has 1 heterocycles. The lowest BCUT2D eigenvalue weighted by molar-refractivity contribution is 0.0954. The van der Waals surface area contributed by atoms with Crippen molar-refractivity contribution < 1.29 is 4.79 Å². The van der Waals surface area contributed by atoms with E-state index in [1.165, 1.54) is 5.56 Å². The summed E-state index contributed by atoms with van der Waals surface area (Å²) in [4.78, 5) is 11.8. The zero-order valence-electron chi connectivity index (χ0n) is 9.45. The van der Waals surface area contributed by atoms with E-state index in [0.29, 0.717) is 22.2 Å². The van der Waals surface area contributed by atoms with Gasteiger partial charge in [-0.1, -0.05) is 23.2 Å². The fourth-order valence-electron chi connectivity index (χ4n) is 1.49. The van der Waals surface area contributed by atoms with Gasteiger partial charge in [-0.2, -0.15) is 11.3 Å². The molecule has 1 aromatic heterocycles. The maximum Gasteiger partial charge on any atom is 0.251 e. The minimum absolute atomic E-state index is 0.135. The molecule has 0 saturated carbocycles. The summed E-state index contributed by atoms with van der Waals surface area (Å²) in [7, 11) is 0. The van der Waals surface area contributed by atoms with Crippen LogP contribution in [0.1, 0.15) is 15.9 Å². The van der Waals surface area contributed by atoms with E-state index in [1.807, 2.05) is 5.38 Å². The van der Waals surface area contributed by atoms with Gasteiger partial charge < -0.3 is 5.32 Å². The average Bonchev–Trinajstić information content (AvgIpc) is 2.85. The highest BCUT2D eigenvalue weighted by Crippen LogP contribution is 2.22. The molecule has 2 nitrogen and oxygen atoms in total. The molecule has 0 atom stereocenters. The van der Waals surface area contributed by atoms with E-state index in [1.54, 1.807) is 29.5 Å². The SMILES string of the molecule is O=C(NCCc1ccsc1)c1ccc(Cl)c(Cl)c1. The van der Waals surface area contributed by atoms with Crippen molar-refractivity contribution in [3.8, 4) is 0 Å². The molecular weight excluding hydrogens is 289 g/mol. The maximum absolute atomic E-state index is 11.8. The number of hydrogen-bond donors (Lipinski definition) is 1. The van der Waals surface area contributed by atoms with Crippen molar-refractivity contribution in [1.29, 1.82) is 0 Å². The van der Waals surface area contributed by atoms with Gasteiger partial charge >= 0.3 is 0 Å². The summed E-state index contributed by atoms with van der Waals surface area (Å²) in [5, 5.41) is 7.79. The molecular formula is C13H11Cl2NOS. The van der Waals surface area contributed by atoms with E-state index in [0.717, 1.165) is 6.42 Å². The van der Waals surface area contributed by atoms with Gasteiger partial charge in [-0.3, -0.25) is 4.79 Å². The number of nitrogens with one attached hydrogen (secondary N) is 1. The quantitative estimate of drug-likeness (QED) is 0.907. The molecule has 1 amide bonds. The van der Waals surface area contributed by atoms with Crippen LogP contribution >= 0.6 is 34.5 Å². The summed E-state index contributed by atoms with van der Waals surface area (Å²) in [6.45, 7) is 0.607. The first-order valence-electron chi connectivity index (χ1n) is 5.41. The van der Waals surface area contributed by atoms with Gasteiger partial charge in [0.25, 0.3) is 5.91 Å². The monoisotopic (exact) mass is 299 g/mol. The van der Waals surface area contributed by atoms with Crippen LogP contribution in [0.15, 0.2) is 35.0 Å². The van der Waals surface area contributed by atoms with Crippen LogP contribution in [0, 0.1) is 0 Å². The Hall–Kier alpha value is -1.03. The lowest BCUT2D eigenvalue weighted by Crippen LogP contribution is -2.25. The van der Waals surface area contributed by atoms with Crippen molar-refractivity contribution in [2.75, 3.05) is 6.54 Å². The lowest BCUT2D eigenvalue weighted by Gasteiger charge is -2.05. The summed E-state index contributed by atoms with van der Waals surface area (Å²) in [6, 6.07) is 6.91. The molecule has 0 bridgehead atoms. The Morgan fingerprint density at radius 1 is 1.22 bits per heavy atom. The number of halogens is 2. The van der Waals surface area contributed by atoms with E-state index >= 15 is 0 Å². The second-order valence-electron chi connectivity index (χ2n) is 3.77. The van der Waals surface area contributed by atoms with Crippen LogP contribution in [-0.4, -0.2) is 12.5 Å². The first-order chi connectivity index (χ1) is 8.66. The summed E-state index contributed by atoms with van der Waals surface area (Å²) >= 11 is 13.3. The highest BCUT2D eigenvalue weighted by Gasteiger charge is 2.07. The largest absolute Gasteiger partial charge is 0.352 e. The molecule has 0 saturated heterocycles. The van der Waals surface area contributed by atoms with Crippen LogP contribution in [0.4, 0.5) is 0 Å². The van der Waals surface area contributed by atoms with Gasteiger partial charge in [0.15, 0.2) is 0 Å². The normalized spacial score (nSPS) is 10.3. The summed E-state index contributed by atoms with van der Waals surface area (Å²) in [5.41, 5.74) is 1.75. The predicted octanol–water partition coefficient (Wildman–Crippen LogP) is 4.03. The number of carbonyl (C=O) groups excluding carboxylic acids is 1. The van der Waals surface area contributed by atoms with Crippen LogP contribution in [-0.2, 0) is 6.42 Å². The van der Waals surface area contributed by atoms with E-state index in [9.17, 15) is 4.79 Å². The molecule has 1 aromatic carbocycles. The second-order valence-corrected chi connectivity index (χ2v) is 5.36. The van der Waals surface area contributed by atoms with Gasteiger partial charge in [0.2, 0.25) is 0 Å². The van der Waals surface area contributed by atoms with Crippen LogP contribution < -0.4 is 5.32 Å². The minimum atomic E-state index is -0.135. The first kappa shape index (κ1) is 13.4. The summed E-state index contributed by atoms with van der Waals surface area (Å²) in [6.07, 6.45) is 0.830. The Kier molecular flexibility index (Phi) is 4.64. The number of benzene rings is 1. The van der Waals surface area contributed by atoms with E-state index in [-0.39, 0.29) is 5.91 Å². The molecule has 1 N–H and O–H groups in total. The van der Waals surface area contributed by atoms with Crippen LogP contribution in [0.5, 0.6) is 0 Å². The second kappa shape index (κ2) is 6.23. The van der Waals surface area contributed by atoms with Crippen molar-refractivity contribution in [3.63, 3.8) is 0 Å². The molecule has 2 rings (SSSR count). The molecule has 2 aromatic rings. The molecule has 0 fully saturated rings. The lowest BCUT2D eigenvalue weighted by atomic mass is 10.2. The van der Waals surface area contributed by atoms with Crippen molar-refractivity contribution in [2.24, 2.45) is 0 Å². The average molecular weight is 300 g/mol. The predicted molar refractivity (Wildman–Crippen MR) is 76.8 cm³/mol. The molecule has 0 aliphatic carbocycles. The smallest absolute Gasteiger partial charge is 0.251 e. The van der Waals surface area contributed by atoms with Gasteiger partial charge in [0.1, 0.15) is 0 Å². The maximum atomic E-state index is 11.8. The third-order valence-electron chi connectivity index (χ3n) is 2.46. The number of thiophene rings is 1. The molecule has 0 radical (unpaired) electrons. The fraction of sp³-hybridized carbons (Fsp3) is 0.154. The standard InChI is InChI=1S/C13H11Cl2NOS/c14-11-2-1-10(7-12(11)15)13(17)16-5-3-9-4-6-18-8-9/h1-2,4,6-8H,3,5H2,(H,16,17). The molecule has 0 aliphatic rings. The third-order valence-corrected chi connectivity index (χ3v) is 3.93. The summed E-state index contributed by atoms with van der Waals surface area (Å²) in [5.74, 6) is -0.135. The van der Waals surface area contributed by atoms with Crippen LogP contribution in [0.2, 0.25) is 10.0 Å². The molecule has 0 aliphatic heterocycles. The molecule has 94 valence electrons. The van der Waals surface area contributed by atoms with Gasteiger partial charge in [0, 0.05) is 12.1 Å². The Morgan fingerprint density at radius 3 is 2.72 bits per heavy atom. The van der Waals surface area contributed by atoms with Crippen molar-refractivity contribution >= 4 is 40.4 Å². The Morgan fingerprint density at radius 2 is 2.06 bits per heavy atom. The van der Waals surface area contributed by atoms with E-state index < -0.39 is 0 Å². The topological polar surface area (TPSA) is 29.1 Å². The zero-order valence-corrected chi connectivity index (χ0v) is 11.8. The van der Waals surface area contributed by atoms with Gasteiger partial charge in [0.05, 0.1) is 10.0 Å². The van der Waals surface area contributed by atoms with E-state index in [4.69, 9.17) is 23.2 Å². The number of amides is 1. The van der Waals surface area contributed by atoms with Crippen LogP contribution in [0.3, 0.4) is 0 Å². The number of rotatable bonds is 4. The highest BCUT2D eigenvalue weighted by atomic mass is 35.5. The Labute approximate surface area is 120 Å². The Balaban J connectivity index is 1.89. The highest BCUT2D eigenvalue weighted by molar-refractivity contribution is 7.07. The third kappa shape index (κ3) is 3.48. The summed E-state index contributed by atoms with van der Waals surface area (Å²) < 4.78 is 0. The van der Waals surface area contributed by atoms with Crippen molar-refractivity contribution in [1.82, 2.24) is 5.32 Å². The van der Waals surface area contributed by atoms with Crippen LogP contribution in [0.25, 0.3) is 0 Å². The number of carbonyl (C=O) groups is 1. The Bertz CT molecular complexity index is 540. The van der Waals surface area contributed by atoms with Gasteiger partial charge in [-0.05, 0) is 47.0 Å². The van der Waals surface area contributed by atoms with Crippen molar-refractivity contribution in [3.05, 3.63) is 56.2 Å². The zero-order chi connectivity index (χ0) is 13.0. The molecule has 0 spiro atoms. The van der Waals surface area contributed by atoms with E-state index in [2.05, 4.69) is 16.8 Å². The van der Waals surface area contributed by atoms with Gasteiger partial charge in [-0.25, -0.2) is 0 Å². The first-order valence-corrected chi connectivity index (χ1v) is 7.11. The van der Waals surface area contributed by atoms with Gasteiger partial charge in [-0.15, -0.1) is 0 Å². The molecule has 18 heavy (non-hydrogen) atoms. The molecule has 0 unspecified atom stereocenters.